The zero-order valence-corrected chi connectivity index (χ0v) is 16.5. The van der Waals surface area contributed by atoms with Crippen LogP contribution in [0.4, 0.5) is 5.69 Å². The minimum Gasteiger partial charge on any atom is -0.497 e. The fraction of sp³-hybridized carbons (Fsp3) is 0.0400. The first-order valence-corrected chi connectivity index (χ1v) is 9.58. The van der Waals surface area contributed by atoms with Crippen molar-refractivity contribution in [1.29, 1.82) is 0 Å². The number of fused-ring (bicyclic) bond motifs is 2. The lowest BCUT2D eigenvalue weighted by Gasteiger charge is -2.09. The van der Waals surface area contributed by atoms with Crippen LogP contribution in [-0.4, -0.2) is 7.11 Å². The van der Waals surface area contributed by atoms with Gasteiger partial charge in [0.2, 0.25) is 0 Å². The molecule has 0 saturated carbocycles. The number of benzene rings is 3. The smallest absolute Gasteiger partial charge is 0.344 e. The van der Waals surface area contributed by atoms with Gasteiger partial charge in [0.05, 0.1) is 12.7 Å². The summed E-state index contributed by atoms with van der Waals surface area (Å²) in [6, 6.07) is 21.0. The average molecular weight is 411 g/mol. The van der Waals surface area contributed by atoms with Crippen LogP contribution < -0.4 is 21.7 Å². The SMILES string of the molecule is COc1ccc(-c2cc(=O)oc3ccc(-c4cc5ccc(N)cc5oc4=O)cc23)cc1. The number of methoxy groups -OCH3 is 1. The van der Waals surface area contributed by atoms with Crippen molar-refractivity contribution in [2.45, 2.75) is 0 Å². The Kier molecular flexibility index (Phi) is 4.33. The second-order valence-corrected chi connectivity index (χ2v) is 7.16. The highest BCUT2D eigenvalue weighted by molar-refractivity contribution is 5.96. The Morgan fingerprint density at radius 1 is 0.742 bits per heavy atom. The van der Waals surface area contributed by atoms with Crippen LogP contribution in [0.25, 0.3) is 44.2 Å². The predicted octanol–water partition coefficient (Wildman–Crippen LogP) is 4.82. The van der Waals surface area contributed by atoms with Crippen molar-refractivity contribution in [3.8, 4) is 28.0 Å². The number of nitrogens with two attached hydrogens (primary N) is 1. The van der Waals surface area contributed by atoms with Crippen molar-refractivity contribution in [1.82, 2.24) is 0 Å². The Bertz CT molecular complexity index is 1560. The number of hydrogen-bond acceptors (Lipinski definition) is 6. The van der Waals surface area contributed by atoms with E-state index < -0.39 is 11.3 Å². The van der Waals surface area contributed by atoms with Crippen LogP contribution in [0, 0.1) is 0 Å². The van der Waals surface area contributed by atoms with Gasteiger partial charge >= 0.3 is 11.3 Å². The molecule has 6 heteroatoms. The first-order valence-electron chi connectivity index (χ1n) is 9.58. The van der Waals surface area contributed by atoms with Gasteiger partial charge < -0.3 is 19.3 Å². The van der Waals surface area contributed by atoms with Crippen molar-refractivity contribution < 1.29 is 13.6 Å². The van der Waals surface area contributed by atoms with Crippen LogP contribution in [0.1, 0.15) is 0 Å². The van der Waals surface area contributed by atoms with E-state index in [1.807, 2.05) is 30.3 Å². The van der Waals surface area contributed by atoms with E-state index in [9.17, 15) is 9.59 Å². The number of ether oxygens (including phenoxy) is 1. The minimum atomic E-state index is -0.471. The largest absolute Gasteiger partial charge is 0.497 e. The van der Waals surface area contributed by atoms with Gasteiger partial charge in [0, 0.05) is 28.6 Å². The van der Waals surface area contributed by atoms with Gasteiger partial charge in [-0.15, -0.1) is 0 Å². The van der Waals surface area contributed by atoms with Crippen LogP contribution >= 0.6 is 0 Å². The van der Waals surface area contributed by atoms with Crippen LogP contribution in [0.2, 0.25) is 0 Å². The van der Waals surface area contributed by atoms with Crippen LogP contribution in [0.3, 0.4) is 0 Å². The van der Waals surface area contributed by atoms with Crippen molar-refractivity contribution in [2.24, 2.45) is 0 Å². The molecule has 31 heavy (non-hydrogen) atoms. The molecule has 0 saturated heterocycles. The Labute approximate surface area is 176 Å². The Balaban J connectivity index is 1.73. The summed E-state index contributed by atoms with van der Waals surface area (Å²) in [5.74, 6) is 0.714. The monoisotopic (exact) mass is 411 g/mol. The highest BCUT2D eigenvalue weighted by Crippen LogP contribution is 2.32. The topological polar surface area (TPSA) is 95.7 Å². The summed E-state index contributed by atoms with van der Waals surface area (Å²) in [5.41, 5.74) is 8.84. The zero-order chi connectivity index (χ0) is 21.5. The van der Waals surface area contributed by atoms with Gasteiger partial charge in [-0.25, -0.2) is 9.59 Å². The molecule has 0 bridgehead atoms. The summed E-state index contributed by atoms with van der Waals surface area (Å²) in [7, 11) is 1.59. The van der Waals surface area contributed by atoms with Gasteiger partial charge in [0.15, 0.2) is 0 Å². The van der Waals surface area contributed by atoms with Gasteiger partial charge in [0.1, 0.15) is 16.9 Å². The Morgan fingerprint density at radius 3 is 2.29 bits per heavy atom. The Hall–Kier alpha value is -4.32. The molecule has 2 N–H and O–H groups in total. The van der Waals surface area contributed by atoms with E-state index in [4.69, 9.17) is 19.3 Å². The highest BCUT2D eigenvalue weighted by atomic mass is 16.5. The quantitative estimate of drug-likeness (QED) is 0.338. The van der Waals surface area contributed by atoms with Crippen molar-refractivity contribution in [2.75, 3.05) is 12.8 Å². The first kappa shape index (κ1) is 18.7. The summed E-state index contributed by atoms with van der Waals surface area (Å²) in [5, 5.41) is 1.47. The summed E-state index contributed by atoms with van der Waals surface area (Å²) >= 11 is 0. The molecule has 5 rings (SSSR count). The van der Waals surface area contributed by atoms with Crippen molar-refractivity contribution in [3.63, 3.8) is 0 Å². The van der Waals surface area contributed by atoms with E-state index in [0.717, 1.165) is 10.9 Å². The molecule has 6 nitrogen and oxygen atoms in total. The van der Waals surface area contributed by atoms with E-state index >= 15 is 0 Å². The highest BCUT2D eigenvalue weighted by Gasteiger charge is 2.13. The molecule has 0 aliphatic rings. The molecule has 0 aliphatic carbocycles. The molecule has 2 heterocycles. The lowest BCUT2D eigenvalue weighted by atomic mass is 9.98. The maximum absolute atomic E-state index is 12.7. The van der Waals surface area contributed by atoms with E-state index in [1.165, 1.54) is 6.07 Å². The minimum absolute atomic E-state index is 0.408. The molecule has 0 amide bonds. The molecule has 0 aliphatic heterocycles. The fourth-order valence-corrected chi connectivity index (χ4v) is 3.67. The second-order valence-electron chi connectivity index (χ2n) is 7.16. The molecular formula is C25H17NO5. The molecule has 0 spiro atoms. The molecule has 0 atom stereocenters. The fourth-order valence-electron chi connectivity index (χ4n) is 3.67. The molecule has 0 unspecified atom stereocenters. The second kappa shape index (κ2) is 7.18. The molecule has 0 radical (unpaired) electrons. The molecule has 5 aromatic rings. The standard InChI is InChI=1S/C25H17NO5/c1-29-18-7-3-14(4-8-18)19-13-24(27)30-22-9-5-15(10-21(19)22)20-11-16-2-6-17(26)12-23(16)31-25(20)28/h2-13H,26H2,1H3. The van der Waals surface area contributed by atoms with Gasteiger partial charge in [-0.1, -0.05) is 18.2 Å². The number of nitrogen functional groups attached to an aromatic ring is 1. The molecule has 0 fully saturated rings. The molecule has 152 valence electrons. The van der Waals surface area contributed by atoms with Gasteiger partial charge in [-0.05, 0) is 59.2 Å². The summed E-state index contributed by atoms with van der Waals surface area (Å²) in [4.78, 5) is 24.8. The lowest BCUT2D eigenvalue weighted by Crippen LogP contribution is -2.03. The Morgan fingerprint density at radius 2 is 1.52 bits per heavy atom. The summed E-state index contributed by atoms with van der Waals surface area (Å²) < 4.78 is 16.1. The number of anilines is 1. The molecular weight excluding hydrogens is 394 g/mol. The van der Waals surface area contributed by atoms with E-state index in [1.54, 1.807) is 43.5 Å². The van der Waals surface area contributed by atoms with Gasteiger partial charge in [-0.2, -0.15) is 0 Å². The molecule has 3 aromatic carbocycles. The van der Waals surface area contributed by atoms with Crippen molar-refractivity contribution >= 4 is 27.6 Å². The lowest BCUT2D eigenvalue weighted by molar-refractivity contribution is 0.415. The van der Waals surface area contributed by atoms with Gasteiger partial charge in [-0.3, -0.25) is 0 Å². The summed E-state index contributed by atoms with van der Waals surface area (Å²) in [6.07, 6.45) is 0. The molecule has 2 aromatic heterocycles. The van der Waals surface area contributed by atoms with Crippen LogP contribution in [0.5, 0.6) is 5.75 Å². The van der Waals surface area contributed by atoms with E-state index in [0.29, 0.717) is 44.7 Å². The van der Waals surface area contributed by atoms with Crippen LogP contribution in [-0.2, 0) is 0 Å². The summed E-state index contributed by atoms with van der Waals surface area (Å²) in [6.45, 7) is 0. The average Bonchev–Trinajstić information content (AvgIpc) is 2.78. The number of hydrogen-bond donors (Lipinski definition) is 1. The maximum Gasteiger partial charge on any atom is 0.344 e. The van der Waals surface area contributed by atoms with Gasteiger partial charge in [0.25, 0.3) is 0 Å². The normalized spacial score (nSPS) is 11.1. The third-order valence-electron chi connectivity index (χ3n) is 5.21. The van der Waals surface area contributed by atoms with Crippen LogP contribution in [0.15, 0.2) is 91.2 Å². The third kappa shape index (κ3) is 3.34. The van der Waals surface area contributed by atoms with E-state index in [-0.39, 0.29) is 0 Å². The number of rotatable bonds is 3. The first-order chi connectivity index (χ1) is 15.0. The third-order valence-corrected chi connectivity index (χ3v) is 5.21. The van der Waals surface area contributed by atoms with E-state index in [2.05, 4.69) is 0 Å². The van der Waals surface area contributed by atoms with Crippen molar-refractivity contribution in [3.05, 3.63) is 93.6 Å². The predicted molar refractivity (Wildman–Crippen MR) is 120 cm³/mol. The zero-order valence-electron chi connectivity index (χ0n) is 16.5. The maximum atomic E-state index is 12.7.